The highest BCUT2D eigenvalue weighted by Gasteiger charge is 1.99. The molecule has 0 bridgehead atoms. The zero-order valence-electron chi connectivity index (χ0n) is 5.97. The minimum atomic E-state index is -0.500. The topological polar surface area (TPSA) is 22.1 Å². The van der Waals surface area contributed by atoms with Crippen LogP contribution in [-0.4, -0.2) is 11.6 Å². The third-order valence-electron chi connectivity index (χ3n) is 1.05. The molecule has 1 aromatic heterocycles. The second-order valence-electron chi connectivity index (χ2n) is 1.88. The molecular weight excluding hydrogens is 260 g/mol. The van der Waals surface area contributed by atoms with Crippen LogP contribution in [0.5, 0.6) is 5.75 Å². The number of rotatable bonds is 2. The van der Waals surface area contributed by atoms with Crippen molar-refractivity contribution in [2.24, 2.45) is 0 Å². The summed E-state index contributed by atoms with van der Waals surface area (Å²) in [6.45, 7) is 2.39. The normalized spacial score (nSPS) is 9.73. The number of aromatic nitrogens is 1. The van der Waals surface area contributed by atoms with Crippen molar-refractivity contribution in [1.82, 2.24) is 4.98 Å². The molecule has 0 aliphatic rings. The number of hydrogen-bond donors (Lipinski definition) is 0. The van der Waals surface area contributed by atoms with Crippen molar-refractivity contribution in [2.45, 2.75) is 6.92 Å². The van der Waals surface area contributed by atoms with E-state index in [1.165, 1.54) is 6.07 Å². The number of hydrogen-bond acceptors (Lipinski definition) is 2. The van der Waals surface area contributed by atoms with Gasteiger partial charge < -0.3 is 4.74 Å². The monoisotopic (exact) mass is 267 g/mol. The van der Waals surface area contributed by atoms with Crippen molar-refractivity contribution < 1.29 is 9.13 Å². The second-order valence-corrected chi connectivity index (χ2v) is 2.99. The molecule has 0 fully saturated rings. The zero-order valence-corrected chi connectivity index (χ0v) is 8.13. The van der Waals surface area contributed by atoms with Gasteiger partial charge in [0.05, 0.1) is 6.61 Å². The molecule has 0 saturated carbocycles. The van der Waals surface area contributed by atoms with E-state index in [0.29, 0.717) is 16.1 Å². The van der Waals surface area contributed by atoms with Gasteiger partial charge in [0, 0.05) is 12.1 Å². The van der Waals surface area contributed by atoms with Gasteiger partial charge in [0.15, 0.2) is 0 Å². The molecule has 2 nitrogen and oxygen atoms in total. The lowest BCUT2D eigenvalue weighted by Crippen LogP contribution is -1.94. The minimum absolute atomic E-state index is 0.500. The molecule has 0 aliphatic heterocycles. The highest BCUT2D eigenvalue weighted by atomic mass is 127. The van der Waals surface area contributed by atoms with Crippen LogP contribution in [0.25, 0.3) is 0 Å². The summed E-state index contributed by atoms with van der Waals surface area (Å²) in [5.41, 5.74) is 0. The first-order chi connectivity index (χ1) is 5.22. The molecular formula is C7H7FINO. The fraction of sp³-hybridized carbons (Fsp3) is 0.286. The van der Waals surface area contributed by atoms with Crippen molar-refractivity contribution in [3.63, 3.8) is 0 Å². The molecule has 1 heterocycles. The van der Waals surface area contributed by atoms with Crippen molar-refractivity contribution >= 4 is 22.6 Å². The van der Waals surface area contributed by atoms with E-state index < -0.39 is 5.95 Å². The van der Waals surface area contributed by atoms with Gasteiger partial charge in [0.25, 0.3) is 0 Å². The maximum atomic E-state index is 12.6. The van der Waals surface area contributed by atoms with E-state index in [1.807, 2.05) is 29.5 Å². The lowest BCUT2D eigenvalue weighted by atomic mass is 10.4. The summed E-state index contributed by atoms with van der Waals surface area (Å²) in [6, 6.07) is 2.96. The molecule has 11 heavy (non-hydrogen) atoms. The Morgan fingerprint density at radius 3 is 2.91 bits per heavy atom. The molecule has 0 amide bonds. The van der Waals surface area contributed by atoms with E-state index in [9.17, 15) is 4.39 Å². The summed E-state index contributed by atoms with van der Waals surface area (Å²) in [4.78, 5) is 3.56. The fourth-order valence-corrected chi connectivity index (χ4v) is 1.23. The third-order valence-corrected chi connectivity index (χ3v) is 1.60. The Bertz CT molecular complexity index is 234. The lowest BCUT2D eigenvalue weighted by Gasteiger charge is -2.01. The Kier molecular flexibility index (Phi) is 3.04. The van der Waals surface area contributed by atoms with Crippen LogP contribution >= 0.6 is 22.6 Å². The Morgan fingerprint density at radius 1 is 1.64 bits per heavy atom. The molecule has 0 N–H and O–H groups in total. The first-order valence-corrected chi connectivity index (χ1v) is 4.26. The van der Waals surface area contributed by atoms with E-state index >= 15 is 0 Å². The molecule has 0 aromatic carbocycles. The van der Waals surface area contributed by atoms with Crippen LogP contribution in [0.4, 0.5) is 4.39 Å². The molecule has 1 aromatic rings. The van der Waals surface area contributed by atoms with Gasteiger partial charge in [0.2, 0.25) is 5.95 Å². The Labute approximate surface area is 77.9 Å². The van der Waals surface area contributed by atoms with E-state index in [1.54, 1.807) is 6.07 Å². The van der Waals surface area contributed by atoms with Crippen molar-refractivity contribution in [1.29, 1.82) is 0 Å². The first-order valence-electron chi connectivity index (χ1n) is 3.18. The highest BCUT2D eigenvalue weighted by molar-refractivity contribution is 14.1. The predicted molar refractivity (Wildman–Crippen MR) is 48.1 cm³/mol. The van der Waals surface area contributed by atoms with Gasteiger partial charge >= 0.3 is 0 Å². The average Bonchev–Trinajstić information content (AvgIpc) is 1.85. The summed E-state index contributed by atoms with van der Waals surface area (Å²) >= 11 is 1.94. The molecule has 0 aliphatic carbocycles. The number of halogens is 2. The van der Waals surface area contributed by atoms with Crippen LogP contribution < -0.4 is 4.74 Å². The Morgan fingerprint density at radius 2 is 2.36 bits per heavy atom. The summed E-state index contributed by atoms with van der Waals surface area (Å²) in [6.07, 6.45) is 0. The van der Waals surface area contributed by atoms with Crippen LogP contribution in [0.15, 0.2) is 12.1 Å². The quantitative estimate of drug-likeness (QED) is 0.605. The van der Waals surface area contributed by atoms with Gasteiger partial charge in [-0.1, -0.05) is 0 Å². The maximum Gasteiger partial charge on any atom is 0.217 e. The van der Waals surface area contributed by atoms with Crippen molar-refractivity contribution in [2.75, 3.05) is 6.61 Å². The highest BCUT2D eigenvalue weighted by Crippen LogP contribution is 2.14. The van der Waals surface area contributed by atoms with E-state index in [4.69, 9.17) is 4.74 Å². The van der Waals surface area contributed by atoms with Gasteiger partial charge in [-0.3, -0.25) is 0 Å². The Balaban J connectivity index is 2.89. The summed E-state index contributed by atoms with van der Waals surface area (Å²) in [5.74, 6) is 0.0322. The van der Waals surface area contributed by atoms with E-state index in [0.717, 1.165) is 0 Å². The molecule has 0 saturated heterocycles. The van der Waals surface area contributed by atoms with Crippen molar-refractivity contribution in [3.05, 3.63) is 21.8 Å². The number of ether oxygens (including phenoxy) is 1. The van der Waals surface area contributed by atoms with Crippen LogP contribution in [0.1, 0.15) is 6.92 Å². The van der Waals surface area contributed by atoms with Gasteiger partial charge in [-0.2, -0.15) is 4.39 Å². The van der Waals surface area contributed by atoms with E-state index in [2.05, 4.69) is 4.98 Å². The van der Waals surface area contributed by atoms with Gasteiger partial charge in [0.1, 0.15) is 9.45 Å². The molecule has 1 rings (SSSR count). The summed E-state index contributed by atoms with van der Waals surface area (Å²) in [5, 5.41) is 0. The molecule has 0 atom stereocenters. The fourth-order valence-electron chi connectivity index (χ4n) is 0.693. The van der Waals surface area contributed by atoms with Gasteiger partial charge in [-0.05, 0) is 29.5 Å². The SMILES string of the molecule is CCOc1cc(F)nc(I)c1. The number of pyridine rings is 1. The molecule has 0 radical (unpaired) electrons. The van der Waals surface area contributed by atoms with Crippen molar-refractivity contribution in [3.8, 4) is 5.75 Å². The van der Waals surface area contributed by atoms with Crippen LogP contribution in [0.3, 0.4) is 0 Å². The van der Waals surface area contributed by atoms with Crippen LogP contribution in [0, 0.1) is 9.65 Å². The maximum absolute atomic E-state index is 12.6. The van der Waals surface area contributed by atoms with Crippen LogP contribution in [0.2, 0.25) is 0 Å². The Hall–Kier alpha value is -0.390. The lowest BCUT2D eigenvalue weighted by molar-refractivity contribution is 0.336. The second kappa shape index (κ2) is 3.85. The first kappa shape index (κ1) is 8.70. The molecule has 0 spiro atoms. The zero-order chi connectivity index (χ0) is 8.27. The summed E-state index contributed by atoms with van der Waals surface area (Å²) in [7, 11) is 0. The van der Waals surface area contributed by atoms with Crippen LogP contribution in [-0.2, 0) is 0 Å². The number of nitrogens with zero attached hydrogens (tertiary/aromatic N) is 1. The third kappa shape index (κ3) is 2.61. The van der Waals surface area contributed by atoms with Gasteiger partial charge in [-0.15, -0.1) is 0 Å². The summed E-state index contributed by atoms with van der Waals surface area (Å²) < 4.78 is 18.2. The smallest absolute Gasteiger partial charge is 0.217 e. The largest absolute Gasteiger partial charge is 0.494 e. The van der Waals surface area contributed by atoms with Gasteiger partial charge in [-0.25, -0.2) is 4.98 Å². The molecule has 0 unspecified atom stereocenters. The predicted octanol–water partition coefficient (Wildman–Crippen LogP) is 2.22. The molecule has 60 valence electrons. The van der Waals surface area contributed by atoms with E-state index in [-0.39, 0.29) is 0 Å². The minimum Gasteiger partial charge on any atom is -0.494 e. The molecule has 4 heteroatoms. The standard InChI is InChI=1S/C7H7FINO/c1-2-11-5-3-6(8)10-7(9)4-5/h3-4H,2H2,1H3. The average molecular weight is 267 g/mol.